The van der Waals surface area contributed by atoms with Gasteiger partial charge in [-0.25, -0.2) is 0 Å². The van der Waals surface area contributed by atoms with Gasteiger partial charge in [-0.3, -0.25) is 4.98 Å². The maximum Gasteiger partial charge on any atom is 0.141 e. The fourth-order valence-corrected chi connectivity index (χ4v) is 2.42. The lowest BCUT2D eigenvalue weighted by Gasteiger charge is -2.08. The molecule has 0 radical (unpaired) electrons. The summed E-state index contributed by atoms with van der Waals surface area (Å²) in [7, 11) is 0. The highest BCUT2D eigenvalue weighted by molar-refractivity contribution is 9.11. The van der Waals surface area contributed by atoms with Crippen LogP contribution in [0.4, 0.5) is 0 Å². The van der Waals surface area contributed by atoms with Crippen molar-refractivity contribution in [3.05, 3.63) is 51.2 Å². The standard InChI is InChI=1S/C12H9Br2NO2/c13-8-1-2-12(11(14)5-8)17-10-3-4-15-9(6-10)7-16/h1-6,16H,7H2. The lowest BCUT2D eigenvalue weighted by Crippen LogP contribution is -1.91. The second-order valence-corrected chi connectivity index (χ2v) is 5.09. The molecule has 0 aliphatic heterocycles. The third-order valence-electron chi connectivity index (χ3n) is 2.07. The summed E-state index contributed by atoms with van der Waals surface area (Å²) in [6, 6.07) is 9.10. The van der Waals surface area contributed by atoms with Crippen LogP contribution in [0.5, 0.6) is 11.5 Å². The Balaban J connectivity index is 2.25. The summed E-state index contributed by atoms with van der Waals surface area (Å²) in [6.07, 6.45) is 1.60. The second-order valence-electron chi connectivity index (χ2n) is 3.32. The van der Waals surface area contributed by atoms with Gasteiger partial charge in [0.15, 0.2) is 0 Å². The summed E-state index contributed by atoms with van der Waals surface area (Å²) in [5, 5.41) is 8.99. The number of aromatic nitrogens is 1. The van der Waals surface area contributed by atoms with Crippen LogP contribution in [0.25, 0.3) is 0 Å². The van der Waals surface area contributed by atoms with E-state index in [9.17, 15) is 0 Å². The number of benzene rings is 1. The lowest BCUT2D eigenvalue weighted by molar-refractivity contribution is 0.276. The molecule has 1 aromatic heterocycles. The largest absolute Gasteiger partial charge is 0.456 e. The normalized spacial score (nSPS) is 10.3. The fourth-order valence-electron chi connectivity index (χ4n) is 1.29. The number of hydrogen-bond acceptors (Lipinski definition) is 3. The molecule has 1 heterocycles. The first kappa shape index (κ1) is 12.5. The zero-order valence-electron chi connectivity index (χ0n) is 8.73. The van der Waals surface area contributed by atoms with Crippen molar-refractivity contribution in [2.24, 2.45) is 0 Å². The second kappa shape index (κ2) is 5.62. The Bertz CT molecular complexity index is 532. The topological polar surface area (TPSA) is 42.4 Å². The van der Waals surface area contributed by atoms with Crippen LogP contribution in [0.2, 0.25) is 0 Å². The first-order chi connectivity index (χ1) is 8.19. The molecule has 2 rings (SSSR count). The van der Waals surface area contributed by atoms with E-state index in [1.807, 2.05) is 18.2 Å². The molecular formula is C12H9Br2NO2. The van der Waals surface area contributed by atoms with Crippen molar-refractivity contribution in [3.63, 3.8) is 0 Å². The molecule has 0 amide bonds. The minimum Gasteiger partial charge on any atom is -0.456 e. The third-order valence-corrected chi connectivity index (χ3v) is 3.18. The predicted molar refractivity (Wildman–Crippen MR) is 72.1 cm³/mol. The van der Waals surface area contributed by atoms with Crippen LogP contribution in [0.1, 0.15) is 5.69 Å². The molecule has 0 bridgehead atoms. The van der Waals surface area contributed by atoms with Crippen molar-refractivity contribution < 1.29 is 9.84 Å². The monoisotopic (exact) mass is 357 g/mol. The zero-order valence-corrected chi connectivity index (χ0v) is 11.9. The quantitative estimate of drug-likeness (QED) is 0.904. The molecule has 0 atom stereocenters. The molecule has 1 N–H and O–H groups in total. The summed E-state index contributed by atoms with van der Waals surface area (Å²) < 4.78 is 7.52. The lowest BCUT2D eigenvalue weighted by atomic mass is 10.3. The van der Waals surface area contributed by atoms with E-state index in [4.69, 9.17) is 9.84 Å². The van der Waals surface area contributed by atoms with Crippen molar-refractivity contribution >= 4 is 31.9 Å². The number of halogens is 2. The third kappa shape index (κ3) is 3.28. The van der Waals surface area contributed by atoms with Crippen molar-refractivity contribution in [3.8, 4) is 11.5 Å². The van der Waals surface area contributed by atoms with E-state index in [1.165, 1.54) is 0 Å². The highest BCUT2D eigenvalue weighted by Gasteiger charge is 2.04. The molecule has 0 spiro atoms. The van der Waals surface area contributed by atoms with Crippen LogP contribution < -0.4 is 4.74 Å². The van der Waals surface area contributed by atoms with E-state index in [-0.39, 0.29) is 6.61 Å². The number of ether oxygens (including phenoxy) is 1. The number of nitrogens with zero attached hydrogens (tertiary/aromatic N) is 1. The molecule has 0 aliphatic rings. The van der Waals surface area contributed by atoms with Gasteiger partial charge in [-0.1, -0.05) is 15.9 Å². The molecule has 88 valence electrons. The summed E-state index contributed by atoms with van der Waals surface area (Å²) in [5.41, 5.74) is 0.579. The average molecular weight is 359 g/mol. The zero-order chi connectivity index (χ0) is 12.3. The van der Waals surface area contributed by atoms with E-state index in [0.717, 1.165) is 8.95 Å². The van der Waals surface area contributed by atoms with Crippen LogP contribution in [-0.2, 0) is 6.61 Å². The smallest absolute Gasteiger partial charge is 0.141 e. The SMILES string of the molecule is OCc1cc(Oc2ccc(Br)cc2Br)ccn1. The minimum absolute atomic E-state index is 0.0985. The van der Waals surface area contributed by atoms with Crippen LogP contribution in [-0.4, -0.2) is 10.1 Å². The van der Waals surface area contributed by atoms with Gasteiger partial charge in [-0.15, -0.1) is 0 Å². The van der Waals surface area contributed by atoms with Gasteiger partial charge in [0.1, 0.15) is 11.5 Å². The molecule has 0 unspecified atom stereocenters. The molecule has 0 aliphatic carbocycles. The molecule has 1 aromatic carbocycles. The van der Waals surface area contributed by atoms with E-state index in [1.54, 1.807) is 18.3 Å². The molecule has 2 aromatic rings. The van der Waals surface area contributed by atoms with Gasteiger partial charge in [0, 0.05) is 16.7 Å². The maximum absolute atomic E-state index is 8.99. The van der Waals surface area contributed by atoms with Gasteiger partial charge in [-0.2, -0.15) is 0 Å². The number of rotatable bonds is 3. The molecule has 3 nitrogen and oxygen atoms in total. The summed E-state index contributed by atoms with van der Waals surface area (Å²) in [4.78, 5) is 3.99. The van der Waals surface area contributed by atoms with Gasteiger partial charge in [0.25, 0.3) is 0 Å². The van der Waals surface area contributed by atoms with Crippen molar-refractivity contribution in [2.75, 3.05) is 0 Å². The van der Waals surface area contributed by atoms with E-state index < -0.39 is 0 Å². The minimum atomic E-state index is -0.0985. The number of aliphatic hydroxyl groups is 1. The van der Waals surface area contributed by atoms with Gasteiger partial charge >= 0.3 is 0 Å². The van der Waals surface area contributed by atoms with Crippen LogP contribution in [0.3, 0.4) is 0 Å². The highest BCUT2D eigenvalue weighted by atomic mass is 79.9. The van der Waals surface area contributed by atoms with Gasteiger partial charge in [0.2, 0.25) is 0 Å². The first-order valence-corrected chi connectivity index (χ1v) is 6.46. The van der Waals surface area contributed by atoms with E-state index in [2.05, 4.69) is 36.8 Å². The summed E-state index contributed by atoms with van der Waals surface area (Å²) in [6.45, 7) is -0.0985. The number of aliphatic hydroxyl groups excluding tert-OH is 1. The molecule has 0 saturated heterocycles. The van der Waals surface area contributed by atoms with Crippen LogP contribution in [0.15, 0.2) is 45.5 Å². The predicted octanol–water partition coefficient (Wildman–Crippen LogP) is 3.89. The van der Waals surface area contributed by atoms with Crippen molar-refractivity contribution in [2.45, 2.75) is 6.61 Å². The van der Waals surface area contributed by atoms with Crippen LogP contribution in [0, 0.1) is 0 Å². The Hall–Kier alpha value is -0.910. The van der Waals surface area contributed by atoms with Gasteiger partial charge in [0.05, 0.1) is 16.8 Å². The summed E-state index contributed by atoms with van der Waals surface area (Å²) in [5.74, 6) is 1.36. The molecule has 17 heavy (non-hydrogen) atoms. The summed E-state index contributed by atoms with van der Waals surface area (Å²) >= 11 is 6.80. The number of hydrogen-bond donors (Lipinski definition) is 1. The van der Waals surface area contributed by atoms with E-state index >= 15 is 0 Å². The highest BCUT2D eigenvalue weighted by Crippen LogP contribution is 2.31. The Morgan fingerprint density at radius 3 is 2.71 bits per heavy atom. The van der Waals surface area contributed by atoms with Crippen LogP contribution >= 0.6 is 31.9 Å². The van der Waals surface area contributed by atoms with Crippen molar-refractivity contribution in [1.82, 2.24) is 4.98 Å². The Labute approximate surface area is 116 Å². The number of pyridine rings is 1. The molecule has 5 heteroatoms. The molecular weight excluding hydrogens is 350 g/mol. The molecule has 0 saturated carbocycles. The molecule has 0 fully saturated rings. The first-order valence-electron chi connectivity index (χ1n) is 4.88. The maximum atomic E-state index is 8.99. The van der Waals surface area contributed by atoms with Gasteiger partial charge < -0.3 is 9.84 Å². The van der Waals surface area contributed by atoms with E-state index in [0.29, 0.717) is 17.2 Å². The van der Waals surface area contributed by atoms with Gasteiger partial charge in [-0.05, 0) is 40.2 Å². The Morgan fingerprint density at radius 2 is 2.00 bits per heavy atom. The Morgan fingerprint density at radius 1 is 1.18 bits per heavy atom. The van der Waals surface area contributed by atoms with Crippen molar-refractivity contribution in [1.29, 1.82) is 0 Å². The Kier molecular flexibility index (Phi) is 4.15. The fraction of sp³-hybridized carbons (Fsp3) is 0.0833. The average Bonchev–Trinajstić information content (AvgIpc) is 2.33.